The summed E-state index contributed by atoms with van der Waals surface area (Å²) in [6.45, 7) is 2.41. The van der Waals surface area contributed by atoms with Crippen LogP contribution in [0.25, 0.3) is 0 Å². The highest BCUT2D eigenvalue weighted by Gasteiger charge is 2.35. The van der Waals surface area contributed by atoms with Crippen LogP contribution >= 0.6 is 0 Å². The normalized spacial score (nSPS) is 17.1. The summed E-state index contributed by atoms with van der Waals surface area (Å²) in [6, 6.07) is -1.29. The van der Waals surface area contributed by atoms with Crippen molar-refractivity contribution in [2.24, 2.45) is 0 Å². The van der Waals surface area contributed by atoms with Gasteiger partial charge in [0.25, 0.3) is 0 Å². The van der Waals surface area contributed by atoms with Crippen molar-refractivity contribution in [3.63, 3.8) is 0 Å². The molecule has 4 atom stereocenters. The minimum absolute atomic E-state index is 0.164. The van der Waals surface area contributed by atoms with Crippen LogP contribution < -0.4 is 5.32 Å². The Balaban J connectivity index is 4.76. The van der Waals surface area contributed by atoms with Crippen LogP contribution in [0.3, 0.4) is 0 Å². The molecule has 0 saturated carbocycles. The lowest BCUT2D eigenvalue weighted by molar-refractivity contribution is -0.136. The molecule has 0 aliphatic carbocycles. The van der Waals surface area contributed by atoms with E-state index in [1.54, 1.807) is 0 Å². The second-order valence-corrected chi connectivity index (χ2v) is 4.83. The van der Waals surface area contributed by atoms with E-state index in [2.05, 4.69) is 5.32 Å². The summed E-state index contributed by atoms with van der Waals surface area (Å²) in [5, 5.41) is 39.8. The second-order valence-electron chi connectivity index (χ2n) is 4.83. The summed E-state index contributed by atoms with van der Waals surface area (Å²) in [6.07, 6.45) is -2.41. The van der Waals surface area contributed by atoms with Crippen molar-refractivity contribution in [3.05, 3.63) is 0 Å². The molecule has 0 heterocycles. The third-order valence-electron chi connectivity index (χ3n) is 3.01. The lowest BCUT2D eigenvalue weighted by atomic mass is 9.95. The summed E-state index contributed by atoms with van der Waals surface area (Å²) in [5.41, 5.74) is 0. The Morgan fingerprint density at radius 1 is 1.10 bits per heavy atom. The maximum absolute atomic E-state index is 12.0. The number of aliphatic hydroxyl groups is 4. The summed E-state index contributed by atoms with van der Waals surface area (Å²) in [4.78, 5) is 23.1. The van der Waals surface area contributed by atoms with E-state index in [9.17, 15) is 24.9 Å². The highest BCUT2D eigenvalue weighted by molar-refractivity contribution is 5.89. The molecule has 0 fully saturated rings. The molecule has 1 amide bonds. The molecule has 5 N–H and O–H groups in total. The molecule has 0 aromatic heterocycles. The molecule has 7 heteroatoms. The van der Waals surface area contributed by atoms with Crippen LogP contribution in [0, 0.1) is 0 Å². The Kier molecular flexibility index (Phi) is 9.32. The minimum atomic E-state index is -1.72. The Morgan fingerprint density at radius 3 is 2.15 bits per heavy atom. The molecule has 0 aromatic carbocycles. The number of rotatable bonds is 10. The van der Waals surface area contributed by atoms with E-state index in [1.165, 1.54) is 6.92 Å². The van der Waals surface area contributed by atoms with E-state index in [0.717, 1.165) is 12.8 Å². The molecular formula is C13H25NO6. The first-order valence-corrected chi connectivity index (χ1v) is 6.80. The number of hydrogen-bond donors (Lipinski definition) is 5. The molecule has 118 valence electrons. The Morgan fingerprint density at radius 2 is 1.70 bits per heavy atom. The van der Waals surface area contributed by atoms with Crippen LogP contribution in [0.4, 0.5) is 0 Å². The molecular weight excluding hydrogens is 266 g/mol. The third kappa shape index (κ3) is 6.42. The Labute approximate surface area is 118 Å². The highest BCUT2D eigenvalue weighted by Crippen LogP contribution is 2.10. The fourth-order valence-corrected chi connectivity index (χ4v) is 1.81. The molecule has 0 aliphatic rings. The number of hydrogen-bond acceptors (Lipinski definition) is 6. The van der Waals surface area contributed by atoms with Crippen LogP contribution in [0.5, 0.6) is 0 Å². The molecule has 0 radical (unpaired) electrons. The lowest BCUT2D eigenvalue weighted by Gasteiger charge is -2.28. The van der Waals surface area contributed by atoms with Gasteiger partial charge in [-0.05, 0) is 6.42 Å². The predicted molar refractivity (Wildman–Crippen MR) is 71.9 cm³/mol. The van der Waals surface area contributed by atoms with Gasteiger partial charge in [-0.2, -0.15) is 0 Å². The predicted octanol–water partition coefficient (Wildman–Crippen LogP) is -1.28. The van der Waals surface area contributed by atoms with Gasteiger partial charge in [0.15, 0.2) is 5.78 Å². The van der Waals surface area contributed by atoms with Gasteiger partial charge in [0.05, 0.1) is 6.61 Å². The van der Waals surface area contributed by atoms with Gasteiger partial charge in [0, 0.05) is 13.3 Å². The summed E-state index contributed by atoms with van der Waals surface area (Å²) < 4.78 is 0. The van der Waals surface area contributed by atoms with Crippen molar-refractivity contribution in [3.8, 4) is 0 Å². The van der Waals surface area contributed by atoms with Crippen LogP contribution in [0.2, 0.25) is 0 Å². The van der Waals surface area contributed by atoms with Crippen molar-refractivity contribution >= 4 is 11.7 Å². The number of Topliss-reactive ketones (excluding diaryl/α,β-unsaturated/α-hetero) is 1. The SMILES string of the molecule is CCCCCC(=O)[C@H](NC(C)=O)[C@@H](O)[C@@H](O)[C@H](O)CO. The largest absolute Gasteiger partial charge is 0.394 e. The molecule has 0 rings (SSSR count). The number of nitrogens with one attached hydrogen (secondary N) is 1. The molecule has 7 nitrogen and oxygen atoms in total. The average molecular weight is 291 g/mol. The van der Waals surface area contributed by atoms with E-state index < -0.39 is 42.7 Å². The topological polar surface area (TPSA) is 127 Å². The van der Waals surface area contributed by atoms with Crippen molar-refractivity contribution < 1.29 is 30.0 Å². The monoisotopic (exact) mass is 291 g/mol. The van der Waals surface area contributed by atoms with Crippen molar-refractivity contribution in [2.75, 3.05) is 6.61 Å². The van der Waals surface area contributed by atoms with E-state index >= 15 is 0 Å². The maximum Gasteiger partial charge on any atom is 0.217 e. The molecule has 0 aliphatic heterocycles. The standard InChI is InChI=1S/C13H25NO6/c1-3-4-5-6-9(17)11(14-8(2)16)13(20)12(19)10(18)7-15/h10-13,15,18-20H,3-7H2,1-2H3,(H,14,16)/t10-,11+,12+,13-/m1/s1. The molecule has 0 unspecified atom stereocenters. The van der Waals surface area contributed by atoms with Crippen molar-refractivity contribution in [2.45, 2.75) is 63.9 Å². The number of amides is 1. The first kappa shape index (κ1) is 19.0. The molecule has 0 bridgehead atoms. The van der Waals surface area contributed by atoms with Crippen LogP contribution in [-0.4, -0.2) is 63.1 Å². The van der Waals surface area contributed by atoms with Gasteiger partial charge in [-0.15, -0.1) is 0 Å². The van der Waals surface area contributed by atoms with E-state index in [0.29, 0.717) is 6.42 Å². The van der Waals surface area contributed by atoms with Gasteiger partial charge in [0.1, 0.15) is 24.4 Å². The summed E-state index contributed by atoms with van der Waals surface area (Å²) in [7, 11) is 0. The quantitative estimate of drug-likeness (QED) is 0.319. The Bertz CT molecular complexity index is 309. The van der Waals surface area contributed by atoms with Gasteiger partial charge in [-0.25, -0.2) is 0 Å². The summed E-state index contributed by atoms with van der Waals surface area (Å²) >= 11 is 0. The zero-order valence-corrected chi connectivity index (χ0v) is 12.0. The number of carbonyl (C=O) groups excluding carboxylic acids is 2. The number of aliphatic hydroxyl groups excluding tert-OH is 4. The molecule has 0 aromatic rings. The van der Waals surface area contributed by atoms with Crippen molar-refractivity contribution in [1.29, 1.82) is 0 Å². The number of ketones is 1. The molecule has 20 heavy (non-hydrogen) atoms. The summed E-state index contributed by atoms with van der Waals surface area (Å²) in [5.74, 6) is -0.936. The van der Waals surface area contributed by atoms with Gasteiger partial charge in [0.2, 0.25) is 5.91 Å². The van der Waals surface area contributed by atoms with Gasteiger partial charge < -0.3 is 25.7 Å². The van der Waals surface area contributed by atoms with Gasteiger partial charge in [-0.1, -0.05) is 19.8 Å². The zero-order chi connectivity index (χ0) is 15.7. The van der Waals surface area contributed by atoms with Crippen LogP contribution in [-0.2, 0) is 9.59 Å². The Hall–Kier alpha value is -1.02. The fourth-order valence-electron chi connectivity index (χ4n) is 1.81. The fraction of sp³-hybridized carbons (Fsp3) is 0.846. The zero-order valence-electron chi connectivity index (χ0n) is 12.0. The average Bonchev–Trinajstić information content (AvgIpc) is 2.42. The number of unbranched alkanes of at least 4 members (excludes halogenated alkanes) is 2. The van der Waals surface area contributed by atoms with Gasteiger partial charge >= 0.3 is 0 Å². The van der Waals surface area contributed by atoms with Crippen molar-refractivity contribution in [1.82, 2.24) is 5.32 Å². The second kappa shape index (κ2) is 9.82. The lowest BCUT2D eigenvalue weighted by Crippen LogP contribution is -2.55. The smallest absolute Gasteiger partial charge is 0.217 e. The molecule has 0 saturated heterocycles. The minimum Gasteiger partial charge on any atom is -0.394 e. The van der Waals surface area contributed by atoms with E-state index in [4.69, 9.17) is 5.11 Å². The first-order chi connectivity index (χ1) is 9.34. The van der Waals surface area contributed by atoms with Crippen LogP contribution in [0.1, 0.15) is 39.5 Å². The van der Waals surface area contributed by atoms with E-state index in [1.807, 2.05) is 6.92 Å². The van der Waals surface area contributed by atoms with E-state index in [-0.39, 0.29) is 6.42 Å². The van der Waals surface area contributed by atoms with Crippen LogP contribution in [0.15, 0.2) is 0 Å². The third-order valence-corrected chi connectivity index (χ3v) is 3.01. The first-order valence-electron chi connectivity index (χ1n) is 6.80. The molecule has 0 spiro atoms. The number of carbonyl (C=O) groups is 2. The van der Waals surface area contributed by atoms with Gasteiger partial charge in [-0.3, -0.25) is 9.59 Å². The highest BCUT2D eigenvalue weighted by atomic mass is 16.4. The maximum atomic E-state index is 12.0.